The molecule has 102 valence electrons. The van der Waals surface area contributed by atoms with Gasteiger partial charge in [-0.1, -0.05) is 11.6 Å². The molecule has 2 rings (SSSR count). The number of nitrogens with two attached hydrogens (primary N) is 2. The van der Waals surface area contributed by atoms with E-state index in [4.69, 9.17) is 23.1 Å². The molecule has 1 heterocycles. The van der Waals surface area contributed by atoms with Crippen LogP contribution in [-0.4, -0.2) is 24.4 Å². The fraction of sp³-hybridized carbons (Fsp3) is 0.333. The summed E-state index contributed by atoms with van der Waals surface area (Å²) in [6.45, 7) is 0.662. The number of halogens is 1. The Morgan fingerprint density at radius 2 is 2.21 bits per heavy atom. The Hall–Kier alpha value is -1.95. The number of carbonyl (C=O) groups excluding carboxylic acids is 2. The zero-order valence-corrected chi connectivity index (χ0v) is 11.0. The third-order valence-corrected chi connectivity index (χ3v) is 3.28. The molecule has 1 unspecified atom stereocenters. The topological polar surface area (TPSA) is 110 Å². The minimum atomic E-state index is -0.645. The van der Waals surface area contributed by atoms with Crippen LogP contribution in [0.2, 0.25) is 5.02 Å². The van der Waals surface area contributed by atoms with Crippen LogP contribution >= 0.6 is 11.6 Å². The van der Waals surface area contributed by atoms with Crippen molar-refractivity contribution >= 4 is 34.8 Å². The number of anilines is 2. The monoisotopic (exact) mass is 282 g/mol. The molecule has 1 fully saturated rings. The minimum Gasteiger partial charge on any atom is -0.399 e. The second kappa shape index (κ2) is 5.36. The lowest BCUT2D eigenvalue weighted by atomic mass is 10.0. The number of hydrogen-bond donors (Lipinski definition) is 4. The van der Waals surface area contributed by atoms with Gasteiger partial charge in [0.05, 0.1) is 16.3 Å². The van der Waals surface area contributed by atoms with Gasteiger partial charge in [-0.25, -0.2) is 0 Å². The van der Waals surface area contributed by atoms with Crippen LogP contribution in [0.3, 0.4) is 0 Å². The molecule has 7 heteroatoms. The molecule has 0 bridgehead atoms. The molecule has 0 aromatic heterocycles. The summed E-state index contributed by atoms with van der Waals surface area (Å²) in [7, 11) is 0. The molecule has 1 aliphatic rings. The van der Waals surface area contributed by atoms with Gasteiger partial charge in [0, 0.05) is 12.2 Å². The van der Waals surface area contributed by atoms with E-state index in [1.807, 2.05) is 0 Å². The zero-order chi connectivity index (χ0) is 14.0. The van der Waals surface area contributed by atoms with Gasteiger partial charge < -0.3 is 22.1 Å². The van der Waals surface area contributed by atoms with Crippen molar-refractivity contribution in [3.8, 4) is 0 Å². The van der Waals surface area contributed by atoms with Gasteiger partial charge in [0.25, 0.3) is 5.91 Å². The summed E-state index contributed by atoms with van der Waals surface area (Å²) in [5, 5.41) is 5.99. The first kappa shape index (κ1) is 13.5. The maximum Gasteiger partial charge on any atom is 0.250 e. The molecule has 19 heavy (non-hydrogen) atoms. The van der Waals surface area contributed by atoms with Crippen molar-refractivity contribution in [1.29, 1.82) is 0 Å². The van der Waals surface area contributed by atoms with E-state index in [1.165, 1.54) is 12.1 Å². The highest BCUT2D eigenvalue weighted by molar-refractivity contribution is 6.34. The van der Waals surface area contributed by atoms with E-state index in [1.54, 1.807) is 0 Å². The summed E-state index contributed by atoms with van der Waals surface area (Å²) in [5.74, 6) is -0.762. The van der Waals surface area contributed by atoms with E-state index in [9.17, 15) is 9.59 Å². The first-order valence-electron chi connectivity index (χ1n) is 5.92. The van der Waals surface area contributed by atoms with Crippen LogP contribution < -0.4 is 22.1 Å². The van der Waals surface area contributed by atoms with Gasteiger partial charge >= 0.3 is 0 Å². The summed E-state index contributed by atoms with van der Waals surface area (Å²) in [6.07, 6.45) is 1.53. The van der Waals surface area contributed by atoms with Crippen LogP contribution in [0.1, 0.15) is 23.2 Å². The fourth-order valence-electron chi connectivity index (χ4n) is 2.05. The lowest BCUT2D eigenvalue weighted by Gasteiger charge is -2.25. The molecule has 6 nitrogen and oxygen atoms in total. The SMILES string of the molecule is NC(=O)c1cc(N)cc(Cl)c1NC1CCCNC1=O. The van der Waals surface area contributed by atoms with E-state index in [2.05, 4.69) is 10.6 Å². The van der Waals surface area contributed by atoms with Crippen LogP contribution in [-0.2, 0) is 4.79 Å². The van der Waals surface area contributed by atoms with Crippen molar-refractivity contribution in [2.75, 3.05) is 17.6 Å². The predicted molar refractivity (Wildman–Crippen MR) is 74.0 cm³/mol. The molecule has 6 N–H and O–H groups in total. The predicted octanol–water partition coefficient (Wildman–Crippen LogP) is 0.712. The van der Waals surface area contributed by atoms with Gasteiger partial charge in [-0.05, 0) is 25.0 Å². The van der Waals surface area contributed by atoms with E-state index in [0.717, 1.165) is 6.42 Å². The van der Waals surface area contributed by atoms with Gasteiger partial charge in [0.2, 0.25) is 5.91 Å². The van der Waals surface area contributed by atoms with E-state index < -0.39 is 11.9 Å². The van der Waals surface area contributed by atoms with Crippen molar-refractivity contribution < 1.29 is 9.59 Å². The van der Waals surface area contributed by atoms with Gasteiger partial charge in [0.1, 0.15) is 6.04 Å². The van der Waals surface area contributed by atoms with Crippen LogP contribution in [0.25, 0.3) is 0 Å². The Bertz CT molecular complexity index is 533. The molecule has 2 amide bonds. The van der Waals surface area contributed by atoms with Gasteiger partial charge in [-0.2, -0.15) is 0 Å². The molecule has 1 aromatic carbocycles. The molecule has 1 aromatic rings. The second-order valence-corrected chi connectivity index (χ2v) is 4.83. The quantitative estimate of drug-likeness (QED) is 0.612. The Labute approximate surface area is 115 Å². The summed E-state index contributed by atoms with van der Waals surface area (Å²) in [6, 6.07) is 2.53. The van der Waals surface area contributed by atoms with Crippen molar-refractivity contribution in [2.45, 2.75) is 18.9 Å². The Morgan fingerprint density at radius 1 is 1.47 bits per heavy atom. The fourth-order valence-corrected chi connectivity index (χ4v) is 2.34. The molecular formula is C12H15ClN4O2. The Morgan fingerprint density at radius 3 is 2.84 bits per heavy atom. The van der Waals surface area contributed by atoms with E-state index in [-0.39, 0.29) is 16.5 Å². The van der Waals surface area contributed by atoms with Gasteiger partial charge in [0.15, 0.2) is 0 Å². The summed E-state index contributed by atoms with van der Waals surface area (Å²) < 4.78 is 0. The maximum atomic E-state index is 11.7. The molecular weight excluding hydrogens is 268 g/mol. The molecule has 1 saturated heterocycles. The number of nitrogen functional groups attached to an aromatic ring is 1. The normalized spacial score (nSPS) is 18.8. The first-order chi connectivity index (χ1) is 8.99. The summed E-state index contributed by atoms with van der Waals surface area (Å²) in [5.41, 5.74) is 11.8. The highest BCUT2D eigenvalue weighted by atomic mass is 35.5. The number of rotatable bonds is 3. The lowest BCUT2D eigenvalue weighted by Crippen LogP contribution is -2.44. The van der Waals surface area contributed by atoms with Crippen molar-refractivity contribution in [3.05, 3.63) is 22.7 Å². The first-order valence-corrected chi connectivity index (χ1v) is 6.30. The van der Waals surface area contributed by atoms with Gasteiger partial charge in [-0.3, -0.25) is 9.59 Å². The van der Waals surface area contributed by atoms with E-state index >= 15 is 0 Å². The van der Waals surface area contributed by atoms with Crippen LogP contribution in [0.5, 0.6) is 0 Å². The van der Waals surface area contributed by atoms with Crippen molar-refractivity contribution in [2.24, 2.45) is 5.73 Å². The molecule has 0 radical (unpaired) electrons. The average molecular weight is 283 g/mol. The summed E-state index contributed by atoms with van der Waals surface area (Å²) in [4.78, 5) is 23.1. The average Bonchev–Trinajstić information content (AvgIpc) is 2.34. The minimum absolute atomic E-state index is 0.116. The number of benzene rings is 1. The third kappa shape index (κ3) is 2.90. The zero-order valence-electron chi connectivity index (χ0n) is 10.2. The number of piperidine rings is 1. The second-order valence-electron chi connectivity index (χ2n) is 4.42. The van der Waals surface area contributed by atoms with Gasteiger partial charge in [-0.15, -0.1) is 0 Å². The van der Waals surface area contributed by atoms with Crippen molar-refractivity contribution in [3.63, 3.8) is 0 Å². The standard InChI is InChI=1S/C12H15ClN4O2/c13-8-5-6(14)4-7(11(15)18)10(8)17-9-2-1-3-16-12(9)19/h4-5,9,17H,1-3,14H2,(H2,15,18)(H,16,19). The molecule has 0 spiro atoms. The Balaban J connectivity index is 2.33. The number of primary amides is 1. The van der Waals surface area contributed by atoms with Crippen LogP contribution in [0, 0.1) is 0 Å². The smallest absolute Gasteiger partial charge is 0.250 e. The number of carbonyl (C=O) groups is 2. The highest BCUT2D eigenvalue weighted by Crippen LogP contribution is 2.30. The molecule has 1 atom stereocenters. The summed E-state index contributed by atoms with van der Waals surface area (Å²) >= 11 is 6.06. The molecule has 0 saturated carbocycles. The number of nitrogens with one attached hydrogen (secondary N) is 2. The number of amides is 2. The molecule has 0 aliphatic carbocycles. The largest absolute Gasteiger partial charge is 0.399 e. The maximum absolute atomic E-state index is 11.7. The Kier molecular flexibility index (Phi) is 3.80. The molecule has 1 aliphatic heterocycles. The number of hydrogen-bond acceptors (Lipinski definition) is 4. The highest BCUT2D eigenvalue weighted by Gasteiger charge is 2.24. The lowest BCUT2D eigenvalue weighted by molar-refractivity contribution is -0.123. The third-order valence-electron chi connectivity index (χ3n) is 2.98. The van der Waals surface area contributed by atoms with Crippen molar-refractivity contribution in [1.82, 2.24) is 5.32 Å². The van der Waals surface area contributed by atoms with E-state index in [0.29, 0.717) is 24.3 Å². The van der Waals surface area contributed by atoms with Crippen LogP contribution in [0.4, 0.5) is 11.4 Å². The van der Waals surface area contributed by atoms with Crippen LogP contribution in [0.15, 0.2) is 12.1 Å².